The lowest BCUT2D eigenvalue weighted by atomic mass is 9.77. The molecule has 6 aliphatic heterocycles. The molecule has 6 unspecified atom stereocenters. The van der Waals surface area contributed by atoms with Crippen LogP contribution < -0.4 is 36.6 Å². The number of carbonyl (C=O) groups excluding carboxylic acids is 6. The Morgan fingerprint density at radius 2 is 0.596 bits per heavy atom. The molecule has 6 amide bonds. The van der Waals surface area contributed by atoms with Crippen LogP contribution in [0.2, 0.25) is 0 Å². The molecule has 0 saturated carbocycles. The van der Waals surface area contributed by atoms with Crippen molar-refractivity contribution in [3.63, 3.8) is 0 Å². The van der Waals surface area contributed by atoms with Crippen molar-refractivity contribution in [1.82, 2.24) is 31.9 Å². The molecule has 14 aromatic carbocycles. The molecule has 0 saturated heterocycles. The van der Waals surface area contributed by atoms with Gasteiger partial charge in [-0.15, -0.1) is 0 Å². The van der Waals surface area contributed by atoms with Crippen LogP contribution in [-0.4, -0.2) is 42.6 Å². The molecule has 710 valence electrons. The van der Waals surface area contributed by atoms with Crippen molar-refractivity contribution in [2.24, 2.45) is 0 Å². The van der Waals surface area contributed by atoms with E-state index in [-0.39, 0.29) is 52.1 Å². The third-order valence-corrected chi connectivity index (χ3v) is 29.2. The fourth-order valence-electron chi connectivity index (χ4n) is 19.6. The van der Waals surface area contributed by atoms with Crippen molar-refractivity contribution >= 4 is 122 Å². The van der Waals surface area contributed by atoms with Crippen molar-refractivity contribution in [1.29, 1.82) is 5.26 Å². The molecule has 14 aromatic rings. The molecule has 0 spiro atoms. The van der Waals surface area contributed by atoms with Crippen molar-refractivity contribution in [3.8, 4) is 11.8 Å². The van der Waals surface area contributed by atoms with Gasteiger partial charge in [-0.3, -0.25) is 28.8 Å². The lowest BCUT2D eigenvalue weighted by Gasteiger charge is -2.37. The van der Waals surface area contributed by atoms with Crippen molar-refractivity contribution in [2.75, 3.05) is 7.11 Å². The van der Waals surface area contributed by atoms with Crippen LogP contribution in [0.25, 0.3) is 55.0 Å². The first kappa shape index (κ1) is 101. The van der Waals surface area contributed by atoms with Crippen LogP contribution >= 0.6 is 31.9 Å². The van der Waals surface area contributed by atoms with Gasteiger partial charge >= 0.3 is 0 Å². The third-order valence-electron chi connectivity index (χ3n) is 28.1. The van der Waals surface area contributed by atoms with Crippen LogP contribution in [0.15, 0.2) is 395 Å². The van der Waals surface area contributed by atoms with E-state index in [9.17, 15) is 34.0 Å². The molecular weight excluding hydrogens is 1870 g/mol. The minimum Gasteiger partial charge on any atom is -0.497 e. The maximum Gasteiger partial charge on any atom is 0.262 e. The zero-order valence-corrected chi connectivity index (χ0v) is 85.5. The Hall–Kier alpha value is -14.9. The summed E-state index contributed by atoms with van der Waals surface area (Å²) in [7, 11) is 1.65. The first-order chi connectivity index (χ1) is 67.6. The predicted molar refractivity (Wildman–Crippen MR) is 580 cm³/mol. The van der Waals surface area contributed by atoms with Gasteiger partial charge in [-0.1, -0.05) is 358 Å². The summed E-state index contributed by atoms with van der Waals surface area (Å²) in [5.41, 5.74) is 24.1. The Labute approximate surface area is 845 Å². The van der Waals surface area contributed by atoms with E-state index in [1.54, 1.807) is 13.2 Å². The molecule has 0 aliphatic carbocycles. The summed E-state index contributed by atoms with van der Waals surface area (Å²) in [5, 5.41) is 33.1. The largest absolute Gasteiger partial charge is 0.497 e. The number of nitriles is 1. The fraction of sp³-hybridized carbons (Fsp3) is 0.208. The standard InChI is InChI=1S/C27H23NO.C21H23NO2.C21H23NO.C19H17Br2NO.C19H16N2O.C18H17NO/c1-18-25(24-13-7-11-20-9-5-6-12-23(20)24)17-27(2,28-26(18)29)22-15-14-19-8-3-4-10-21(19)16-22;1-14-5-9-17(10-6-14)21(3)13-19(15(2)20(23)22-21)16-7-11-18(24-4)12-8-16;1-14-5-9-17(10-6-14)19-13-21(4,22-20(23)16(19)3)18-11-7-15(2)8-12-18;1-12-17(13-3-7-15(20)8-4-13)11-19(2,22-18(12)23)14-5-9-16(21)10-6-14;1-19(15-10-6-3-7-11-15)12-16(14-8-4-2-5-9-14)17(13-20)18(22)21-19;1-18(16-10-6-3-7-11-16)13-15(12-17(20)19-18)14-8-4-2-5-9-14/h3-16H,17H2,1-2H3,(H,28,29);5-12H,13H2,1-4H3,(H,22,23);5-12H,13H2,1-4H3,(H,22,23);3-10H,11H2,1-2H3,(H,22,23);2-11H,12H2,1H3,(H,21,22);2-12H,13H2,1H3,(H,19,20). The van der Waals surface area contributed by atoms with Crippen LogP contribution in [0.3, 0.4) is 0 Å². The summed E-state index contributed by atoms with van der Waals surface area (Å²) < 4.78 is 7.30. The van der Waals surface area contributed by atoms with E-state index in [4.69, 9.17) is 4.74 Å². The van der Waals surface area contributed by atoms with Crippen LogP contribution in [0.1, 0.15) is 191 Å². The first-order valence-electron chi connectivity index (χ1n) is 47.7. The Morgan fingerprint density at radius 1 is 0.284 bits per heavy atom. The van der Waals surface area contributed by atoms with Gasteiger partial charge in [0.1, 0.15) is 17.4 Å². The minimum absolute atomic E-state index is 0.000382. The zero-order chi connectivity index (χ0) is 100. The highest BCUT2D eigenvalue weighted by molar-refractivity contribution is 9.10. The number of rotatable bonds is 13. The average Bonchev–Trinajstić information content (AvgIpc) is 0.752. The molecule has 0 radical (unpaired) electrons. The predicted octanol–water partition coefficient (Wildman–Crippen LogP) is 27.3. The Morgan fingerprint density at radius 3 is 1.04 bits per heavy atom. The van der Waals surface area contributed by atoms with Crippen LogP contribution in [-0.2, 0) is 62.0 Å². The smallest absolute Gasteiger partial charge is 0.262 e. The molecule has 16 heteroatoms. The van der Waals surface area contributed by atoms with Crippen LogP contribution in [0.5, 0.6) is 5.75 Å². The Bertz CT molecular complexity index is 7150. The molecule has 141 heavy (non-hydrogen) atoms. The molecule has 6 aliphatic rings. The second-order valence-electron chi connectivity index (χ2n) is 38.8. The number of fused-ring (bicyclic) bond motifs is 2. The van der Waals surface area contributed by atoms with Gasteiger partial charge in [-0.05, 0) is 254 Å². The van der Waals surface area contributed by atoms with Crippen LogP contribution in [0.4, 0.5) is 0 Å². The Balaban J connectivity index is 0.000000128. The summed E-state index contributed by atoms with van der Waals surface area (Å²) in [6.45, 7) is 26.4. The van der Waals surface area contributed by atoms with E-state index in [1.807, 2.05) is 180 Å². The van der Waals surface area contributed by atoms with Crippen molar-refractivity contribution < 1.29 is 33.5 Å². The van der Waals surface area contributed by atoms with E-state index < -0.39 is 22.2 Å². The zero-order valence-electron chi connectivity index (χ0n) is 82.4. The first-order valence-corrected chi connectivity index (χ1v) is 49.3. The topological polar surface area (TPSA) is 208 Å². The number of carbonyl (C=O) groups is 6. The van der Waals surface area contributed by atoms with Gasteiger partial charge in [0, 0.05) is 75.8 Å². The average molecular weight is 1990 g/mol. The number of nitrogens with zero attached hydrogens (tertiary/aromatic N) is 1. The number of hydrogen-bond acceptors (Lipinski definition) is 8. The van der Waals surface area contributed by atoms with Gasteiger partial charge < -0.3 is 36.6 Å². The normalized spacial score (nSPS) is 20.9. The summed E-state index contributed by atoms with van der Waals surface area (Å²) in [6.07, 6.45) is 6.20. The monoisotopic (exact) mass is 1990 g/mol. The number of halogens is 2. The number of methoxy groups -OCH3 is 1. The lowest BCUT2D eigenvalue weighted by Crippen LogP contribution is -2.47. The van der Waals surface area contributed by atoms with E-state index in [2.05, 4.69) is 331 Å². The summed E-state index contributed by atoms with van der Waals surface area (Å²) in [5.74, 6) is 0.512. The fourth-order valence-corrected chi connectivity index (χ4v) is 20.1. The highest BCUT2D eigenvalue weighted by atomic mass is 79.9. The van der Waals surface area contributed by atoms with Gasteiger partial charge in [-0.2, -0.15) is 5.26 Å². The highest BCUT2D eigenvalue weighted by Crippen LogP contribution is 2.47. The van der Waals surface area contributed by atoms with Gasteiger partial charge in [0.2, 0.25) is 29.5 Å². The Kier molecular flexibility index (Phi) is 30.8. The van der Waals surface area contributed by atoms with Crippen LogP contribution in [0, 0.1) is 32.1 Å². The van der Waals surface area contributed by atoms with E-state index in [0.717, 1.165) is 169 Å². The highest BCUT2D eigenvalue weighted by Gasteiger charge is 2.43. The molecular formula is C125H119Br2N7O7. The molecule has 0 fully saturated rings. The minimum atomic E-state index is -0.510. The summed E-state index contributed by atoms with van der Waals surface area (Å²) in [4.78, 5) is 75.1. The number of benzene rings is 14. The second kappa shape index (κ2) is 43.2. The van der Waals surface area contributed by atoms with E-state index in [1.165, 1.54) is 38.2 Å². The van der Waals surface area contributed by atoms with Crippen molar-refractivity contribution in [3.05, 3.63) is 478 Å². The maximum absolute atomic E-state index is 13.0. The number of ether oxygens (including phenoxy) is 1. The number of nitrogens with one attached hydrogen (secondary N) is 6. The summed E-state index contributed by atoms with van der Waals surface area (Å²) in [6, 6.07) is 121. The molecule has 20 rings (SSSR count). The molecule has 14 nitrogen and oxygen atoms in total. The van der Waals surface area contributed by atoms with E-state index in [0.29, 0.717) is 6.42 Å². The van der Waals surface area contributed by atoms with Gasteiger partial charge in [0.05, 0.1) is 40.3 Å². The number of hydrogen-bond donors (Lipinski definition) is 6. The quantitative estimate of drug-likeness (QED) is 0.0653. The maximum atomic E-state index is 13.0. The van der Waals surface area contributed by atoms with E-state index >= 15 is 0 Å². The van der Waals surface area contributed by atoms with Gasteiger partial charge in [-0.25, -0.2) is 0 Å². The van der Waals surface area contributed by atoms with Crippen molar-refractivity contribution in [2.45, 2.75) is 162 Å². The molecule has 0 bridgehead atoms. The lowest BCUT2D eigenvalue weighted by molar-refractivity contribution is -0.120. The van der Waals surface area contributed by atoms with Gasteiger partial charge in [0.15, 0.2) is 0 Å². The second-order valence-corrected chi connectivity index (χ2v) is 40.6. The van der Waals surface area contributed by atoms with Gasteiger partial charge in [0.25, 0.3) is 5.91 Å². The summed E-state index contributed by atoms with van der Waals surface area (Å²) >= 11 is 6.93. The molecule has 0 aromatic heterocycles. The molecule has 6 atom stereocenters. The molecule has 6 heterocycles. The number of aryl methyl sites for hydroxylation is 3. The number of amides is 6. The SMILES string of the molecule is CC1(c2ccccc2)CC(c2ccccc2)=C(C#N)C(=O)N1.CC1(c2ccccc2)CC(c2ccccc2)=CC(=O)N1.CC1=C(c2ccc(Br)cc2)CC(C)(c2ccc(Br)cc2)NC1=O.CC1=C(c2ccc(C)cc2)CC(C)(c2ccc(C)cc2)NC1=O.CC1=C(c2cccc3ccccc23)CC(C)(c2ccc3ccccc3c2)NC1=O.COc1ccc(C2=C(C)C(=O)NC(C)(c3ccc(C)cc3)C2)cc1. The third kappa shape index (κ3) is 23.2. The molecule has 6 N–H and O–H groups in total.